The molecule has 6 rings (SSSR count). The van der Waals surface area contributed by atoms with Crippen LogP contribution < -0.4 is 4.74 Å². The number of halogens is 2. The molecule has 14 nitrogen and oxygen atoms in total. The molecule has 18 heteroatoms. The number of alkyl halides is 2. The summed E-state index contributed by atoms with van der Waals surface area (Å²) in [5.74, 6) is -0.681. The maximum atomic E-state index is 13.3. The number of ether oxygens (including phenoxy) is 1. The van der Waals surface area contributed by atoms with E-state index in [1.807, 2.05) is 6.07 Å². The van der Waals surface area contributed by atoms with Gasteiger partial charge in [0.25, 0.3) is 11.8 Å². The van der Waals surface area contributed by atoms with E-state index in [4.69, 9.17) is 5.26 Å². The summed E-state index contributed by atoms with van der Waals surface area (Å²) in [5.41, 5.74) is 2.56. The Labute approximate surface area is 317 Å². The van der Waals surface area contributed by atoms with E-state index >= 15 is 0 Å². The minimum absolute atomic E-state index is 0.0628. The van der Waals surface area contributed by atoms with Gasteiger partial charge < -0.3 is 14.5 Å². The summed E-state index contributed by atoms with van der Waals surface area (Å²) in [6.07, 6.45) is 4.03. The van der Waals surface area contributed by atoms with Crippen molar-refractivity contribution in [2.45, 2.75) is 42.2 Å². The molecule has 0 aliphatic carbocycles. The Hall–Kier alpha value is -5.35. The lowest BCUT2D eigenvalue weighted by atomic mass is 10.1. The second-order valence-corrected chi connectivity index (χ2v) is 16.8. The number of piperazine rings is 2. The first-order valence-electron chi connectivity index (χ1n) is 17.3. The van der Waals surface area contributed by atoms with Crippen molar-refractivity contribution >= 4 is 31.9 Å². The Balaban J connectivity index is 0.966. The van der Waals surface area contributed by atoms with E-state index in [0.29, 0.717) is 29.5 Å². The molecule has 2 aliphatic rings. The van der Waals surface area contributed by atoms with Crippen molar-refractivity contribution in [2.24, 2.45) is 0 Å². The van der Waals surface area contributed by atoms with Crippen LogP contribution in [0.1, 0.15) is 44.6 Å². The monoisotopic (exact) mass is 793 g/mol. The summed E-state index contributed by atoms with van der Waals surface area (Å²) in [6, 6.07) is 18.9. The minimum atomic E-state index is -3.90. The topological polar surface area (TPSA) is 174 Å². The van der Waals surface area contributed by atoms with Gasteiger partial charge in [0.05, 0.1) is 32.6 Å². The fraction of sp³-hybridized carbons (Fsp3) is 0.324. The number of hydrogen-bond acceptors (Lipinski definition) is 10. The van der Waals surface area contributed by atoms with Gasteiger partial charge in [-0.05, 0) is 92.6 Å². The van der Waals surface area contributed by atoms with E-state index in [-0.39, 0.29) is 79.2 Å². The molecule has 0 saturated carbocycles. The van der Waals surface area contributed by atoms with Crippen molar-refractivity contribution < 1.29 is 39.9 Å². The van der Waals surface area contributed by atoms with Gasteiger partial charge in [-0.3, -0.25) is 19.6 Å². The van der Waals surface area contributed by atoms with Crippen LogP contribution in [-0.2, 0) is 32.9 Å². The number of nitriles is 1. The lowest BCUT2D eigenvalue weighted by Gasteiger charge is -2.39. The second-order valence-electron chi connectivity index (χ2n) is 13.0. The van der Waals surface area contributed by atoms with Gasteiger partial charge in [0, 0.05) is 75.6 Å². The predicted molar refractivity (Wildman–Crippen MR) is 194 cm³/mol. The first-order chi connectivity index (χ1) is 26.3. The third-order valence-electron chi connectivity index (χ3n) is 9.47. The number of carbonyl (C=O) groups excluding carboxylic acids is 2. The number of benzene rings is 2. The Morgan fingerprint density at radius 1 is 0.745 bits per heavy atom. The molecule has 4 heterocycles. The largest absolute Gasteiger partial charge is 0.435 e. The summed E-state index contributed by atoms with van der Waals surface area (Å²) in [4.78, 5) is 38.6. The van der Waals surface area contributed by atoms with Crippen LogP contribution in [-0.4, -0.2) is 115 Å². The van der Waals surface area contributed by atoms with Crippen molar-refractivity contribution in [2.75, 3.05) is 45.8 Å². The summed E-state index contributed by atoms with van der Waals surface area (Å²) in [7, 11) is -7.68. The molecule has 0 N–H and O–H groups in total. The van der Waals surface area contributed by atoms with Crippen molar-refractivity contribution in [1.82, 2.24) is 28.4 Å². The number of carbonyl (C=O) groups is 2. The molecule has 2 aliphatic heterocycles. The van der Waals surface area contributed by atoms with Crippen LogP contribution in [0.4, 0.5) is 8.78 Å². The van der Waals surface area contributed by atoms with Crippen molar-refractivity contribution in [3.63, 3.8) is 0 Å². The number of aromatic nitrogens is 2. The number of rotatable bonds is 11. The number of amides is 2. The van der Waals surface area contributed by atoms with Gasteiger partial charge in [-0.15, -0.1) is 0 Å². The zero-order valence-corrected chi connectivity index (χ0v) is 31.3. The molecule has 0 spiro atoms. The lowest BCUT2D eigenvalue weighted by Crippen LogP contribution is -2.55. The summed E-state index contributed by atoms with van der Waals surface area (Å²) in [5, 5.41) is 9.01. The maximum Gasteiger partial charge on any atom is 0.387 e. The standard InChI is InChI=1S/C37H37F2N7O7S2/c1-26-25-45(55(51,52)33-12-2-27(22-40)3-13-33)20-21-46(26)36(48)29-5-7-31(42-24-29)9-8-30-6-4-28(23-41-30)35(47)43-16-18-44(19-17-43)54(49,50)34-14-10-32(11-15-34)53-37(38)39/h2-7,10-15,23-24,26,37H,8-9,16-21,25H2,1H3. The number of hydrogen-bond donors (Lipinski definition) is 0. The normalized spacial score (nSPS) is 17.2. The molecule has 0 bridgehead atoms. The van der Waals surface area contributed by atoms with Crippen LogP contribution in [0.3, 0.4) is 0 Å². The van der Waals surface area contributed by atoms with Gasteiger partial charge in [-0.1, -0.05) is 0 Å². The van der Waals surface area contributed by atoms with Crippen molar-refractivity contribution in [1.29, 1.82) is 5.26 Å². The average molecular weight is 794 g/mol. The van der Waals surface area contributed by atoms with Gasteiger partial charge in [0.2, 0.25) is 20.0 Å². The molecule has 55 heavy (non-hydrogen) atoms. The fourth-order valence-electron chi connectivity index (χ4n) is 6.37. The Bertz CT molecular complexity index is 2260. The average Bonchev–Trinajstić information content (AvgIpc) is 3.20. The van der Waals surface area contributed by atoms with Gasteiger partial charge in [-0.25, -0.2) is 16.8 Å². The first kappa shape index (κ1) is 39.3. The van der Waals surface area contributed by atoms with Crippen LogP contribution in [0, 0.1) is 11.3 Å². The van der Waals surface area contributed by atoms with E-state index in [9.17, 15) is 35.2 Å². The van der Waals surface area contributed by atoms with Crippen molar-refractivity contribution in [3.8, 4) is 11.8 Å². The molecule has 2 aromatic carbocycles. The Kier molecular flexibility index (Phi) is 11.9. The minimum Gasteiger partial charge on any atom is -0.435 e. The highest BCUT2D eigenvalue weighted by atomic mass is 32.2. The lowest BCUT2D eigenvalue weighted by molar-refractivity contribution is -0.0498. The summed E-state index contributed by atoms with van der Waals surface area (Å²) in [6.45, 7) is -0.317. The molecule has 0 radical (unpaired) electrons. The molecular weight excluding hydrogens is 757 g/mol. The number of aryl methyl sites for hydroxylation is 2. The van der Waals surface area contributed by atoms with Crippen molar-refractivity contribution in [3.05, 3.63) is 113 Å². The number of nitrogens with zero attached hydrogens (tertiary/aromatic N) is 7. The molecule has 288 valence electrons. The van der Waals surface area contributed by atoms with Gasteiger partial charge in [0.1, 0.15) is 5.75 Å². The molecule has 4 aromatic rings. The summed E-state index contributed by atoms with van der Waals surface area (Å²) >= 11 is 0. The quantitative estimate of drug-likeness (QED) is 0.219. The zero-order valence-electron chi connectivity index (χ0n) is 29.7. The highest BCUT2D eigenvalue weighted by molar-refractivity contribution is 7.89. The van der Waals surface area contributed by atoms with Crippen LogP contribution in [0.15, 0.2) is 95.0 Å². The first-order valence-corrected chi connectivity index (χ1v) is 20.2. The number of pyridine rings is 2. The molecule has 1 atom stereocenters. The highest BCUT2D eigenvalue weighted by Crippen LogP contribution is 2.24. The maximum absolute atomic E-state index is 13.3. The van der Waals surface area contributed by atoms with Gasteiger partial charge in [0.15, 0.2) is 0 Å². The predicted octanol–water partition coefficient (Wildman–Crippen LogP) is 3.42. The van der Waals surface area contributed by atoms with E-state index in [1.54, 1.807) is 41.0 Å². The second kappa shape index (κ2) is 16.6. The molecule has 2 fully saturated rings. The van der Waals surface area contributed by atoms with Crippen LogP contribution in [0.2, 0.25) is 0 Å². The molecule has 2 amide bonds. The fourth-order valence-corrected chi connectivity index (χ4v) is 9.31. The SMILES string of the molecule is CC1CN(S(=O)(=O)c2ccc(C#N)cc2)CCN1C(=O)c1ccc(CCc2ccc(C(=O)N3CCN(S(=O)(=O)c4ccc(OC(F)F)cc4)CC3)cn2)nc1. The van der Waals surface area contributed by atoms with Gasteiger partial charge >= 0.3 is 6.61 Å². The highest BCUT2D eigenvalue weighted by Gasteiger charge is 2.35. The Morgan fingerprint density at radius 2 is 1.25 bits per heavy atom. The molecule has 2 aromatic heterocycles. The molecular formula is C37H37F2N7O7S2. The van der Waals surface area contributed by atoms with E-state index in [1.165, 1.54) is 57.4 Å². The third kappa shape index (κ3) is 8.97. The molecule has 1 unspecified atom stereocenters. The van der Waals surface area contributed by atoms with Crippen LogP contribution in [0.5, 0.6) is 5.75 Å². The van der Waals surface area contributed by atoms with Crippen LogP contribution >= 0.6 is 0 Å². The zero-order chi connectivity index (χ0) is 39.3. The Morgan fingerprint density at radius 3 is 1.75 bits per heavy atom. The van der Waals surface area contributed by atoms with E-state index < -0.39 is 26.7 Å². The smallest absolute Gasteiger partial charge is 0.387 e. The molecule has 2 saturated heterocycles. The van der Waals surface area contributed by atoms with Gasteiger partial charge in [-0.2, -0.15) is 22.7 Å². The van der Waals surface area contributed by atoms with Crippen LogP contribution in [0.25, 0.3) is 0 Å². The van der Waals surface area contributed by atoms with E-state index in [0.717, 1.165) is 23.5 Å². The van der Waals surface area contributed by atoms with E-state index in [2.05, 4.69) is 14.7 Å². The number of sulfonamides is 2. The third-order valence-corrected chi connectivity index (χ3v) is 13.3. The summed E-state index contributed by atoms with van der Waals surface area (Å²) < 4.78 is 84.2.